The van der Waals surface area contributed by atoms with Gasteiger partial charge in [0.15, 0.2) is 0 Å². The Hall–Kier alpha value is -1.56. The molecule has 0 saturated carbocycles. The third-order valence-corrected chi connectivity index (χ3v) is 3.16. The van der Waals surface area contributed by atoms with E-state index in [0.717, 1.165) is 16.0 Å². The largest absolute Gasteiger partial charge is 0.396 e. The van der Waals surface area contributed by atoms with Crippen LogP contribution >= 0.6 is 15.9 Å². The molecule has 17 heavy (non-hydrogen) atoms. The van der Waals surface area contributed by atoms with Gasteiger partial charge in [-0.1, -0.05) is 0 Å². The van der Waals surface area contributed by atoms with E-state index >= 15 is 0 Å². The van der Waals surface area contributed by atoms with Gasteiger partial charge in [0.1, 0.15) is 5.82 Å². The van der Waals surface area contributed by atoms with Crippen LogP contribution in [0.5, 0.6) is 0 Å². The standard InChI is InChI=1S/C11H14BrN5/c1-16-4-3-15-10(16)7-17(2)11-8(12)5-14-6-9(11)13/h3-6H,7,13H2,1-2H3. The highest BCUT2D eigenvalue weighted by Crippen LogP contribution is 2.30. The fraction of sp³-hybridized carbons (Fsp3) is 0.273. The number of halogens is 1. The van der Waals surface area contributed by atoms with E-state index in [4.69, 9.17) is 5.73 Å². The van der Waals surface area contributed by atoms with Crippen LogP contribution in [0.4, 0.5) is 11.4 Å². The maximum atomic E-state index is 5.93. The second-order valence-corrected chi connectivity index (χ2v) is 4.72. The smallest absolute Gasteiger partial charge is 0.127 e. The zero-order chi connectivity index (χ0) is 12.4. The normalized spacial score (nSPS) is 10.5. The predicted octanol–water partition coefficient (Wildman–Crippen LogP) is 1.80. The van der Waals surface area contributed by atoms with Crippen molar-refractivity contribution in [2.24, 2.45) is 7.05 Å². The number of imidazole rings is 1. The van der Waals surface area contributed by atoms with Crippen molar-refractivity contribution in [1.29, 1.82) is 0 Å². The number of hydrogen-bond acceptors (Lipinski definition) is 4. The van der Waals surface area contributed by atoms with Crippen LogP contribution in [0, 0.1) is 0 Å². The molecule has 0 spiro atoms. The molecule has 0 aliphatic rings. The van der Waals surface area contributed by atoms with Crippen molar-refractivity contribution in [2.45, 2.75) is 6.54 Å². The molecular formula is C11H14BrN5. The van der Waals surface area contributed by atoms with Crippen molar-refractivity contribution < 1.29 is 0 Å². The topological polar surface area (TPSA) is 60.0 Å². The summed E-state index contributed by atoms with van der Waals surface area (Å²) in [5.41, 5.74) is 7.51. The summed E-state index contributed by atoms with van der Waals surface area (Å²) >= 11 is 3.46. The second kappa shape index (κ2) is 4.75. The fourth-order valence-electron chi connectivity index (χ4n) is 1.69. The van der Waals surface area contributed by atoms with E-state index in [0.29, 0.717) is 12.2 Å². The van der Waals surface area contributed by atoms with Gasteiger partial charge in [0, 0.05) is 32.7 Å². The van der Waals surface area contributed by atoms with Crippen molar-refractivity contribution in [3.05, 3.63) is 35.1 Å². The lowest BCUT2D eigenvalue weighted by molar-refractivity contribution is 0.761. The molecule has 0 unspecified atom stereocenters. The number of pyridine rings is 1. The molecule has 0 bridgehead atoms. The van der Waals surface area contributed by atoms with Crippen LogP contribution in [-0.4, -0.2) is 21.6 Å². The van der Waals surface area contributed by atoms with Gasteiger partial charge in [-0.25, -0.2) is 4.98 Å². The van der Waals surface area contributed by atoms with Gasteiger partial charge in [-0.3, -0.25) is 4.98 Å². The third kappa shape index (κ3) is 2.41. The first-order chi connectivity index (χ1) is 8.09. The number of anilines is 2. The first-order valence-corrected chi connectivity index (χ1v) is 5.95. The first-order valence-electron chi connectivity index (χ1n) is 5.16. The summed E-state index contributed by atoms with van der Waals surface area (Å²) in [5.74, 6) is 0.982. The van der Waals surface area contributed by atoms with Gasteiger partial charge in [-0.05, 0) is 15.9 Å². The van der Waals surface area contributed by atoms with Crippen LogP contribution in [0.15, 0.2) is 29.3 Å². The molecular weight excluding hydrogens is 282 g/mol. The second-order valence-electron chi connectivity index (χ2n) is 3.87. The summed E-state index contributed by atoms with van der Waals surface area (Å²) in [6, 6.07) is 0. The summed E-state index contributed by atoms with van der Waals surface area (Å²) in [6.45, 7) is 0.691. The lowest BCUT2D eigenvalue weighted by Gasteiger charge is -2.21. The van der Waals surface area contributed by atoms with Gasteiger partial charge in [-0.2, -0.15) is 0 Å². The van der Waals surface area contributed by atoms with Gasteiger partial charge in [-0.15, -0.1) is 0 Å². The molecule has 2 aromatic heterocycles. The minimum absolute atomic E-state index is 0.649. The molecule has 2 aromatic rings. The molecule has 90 valence electrons. The number of nitrogens with zero attached hydrogens (tertiary/aromatic N) is 4. The minimum atomic E-state index is 0.649. The Morgan fingerprint density at radius 3 is 2.82 bits per heavy atom. The van der Waals surface area contributed by atoms with Crippen LogP contribution in [0.1, 0.15) is 5.82 Å². The molecule has 0 saturated heterocycles. The first kappa shape index (κ1) is 11.9. The van der Waals surface area contributed by atoms with Crippen molar-refractivity contribution >= 4 is 27.3 Å². The quantitative estimate of drug-likeness (QED) is 0.938. The molecule has 0 radical (unpaired) electrons. The zero-order valence-electron chi connectivity index (χ0n) is 9.76. The molecule has 0 amide bonds. The van der Waals surface area contributed by atoms with E-state index in [2.05, 4.69) is 25.9 Å². The van der Waals surface area contributed by atoms with Crippen molar-refractivity contribution in [1.82, 2.24) is 14.5 Å². The minimum Gasteiger partial charge on any atom is -0.396 e. The predicted molar refractivity (Wildman–Crippen MR) is 71.7 cm³/mol. The van der Waals surface area contributed by atoms with Gasteiger partial charge in [0.25, 0.3) is 0 Å². The number of aromatic nitrogens is 3. The Kier molecular flexibility index (Phi) is 3.33. The summed E-state index contributed by atoms with van der Waals surface area (Å²) < 4.78 is 2.87. The fourth-order valence-corrected chi connectivity index (χ4v) is 2.34. The Balaban J connectivity index is 2.26. The van der Waals surface area contributed by atoms with Crippen LogP contribution in [0.25, 0.3) is 0 Å². The molecule has 0 atom stereocenters. The molecule has 0 fully saturated rings. The Labute approximate surface area is 108 Å². The highest BCUT2D eigenvalue weighted by atomic mass is 79.9. The number of nitrogen functional groups attached to an aromatic ring is 1. The highest BCUT2D eigenvalue weighted by molar-refractivity contribution is 9.10. The SMILES string of the molecule is CN(Cc1nccn1C)c1c(N)cncc1Br. The van der Waals surface area contributed by atoms with Crippen LogP contribution in [0.2, 0.25) is 0 Å². The Morgan fingerprint density at radius 2 is 2.24 bits per heavy atom. The molecule has 2 rings (SSSR count). The van der Waals surface area contributed by atoms with E-state index in [1.54, 1.807) is 18.6 Å². The van der Waals surface area contributed by atoms with Crippen LogP contribution < -0.4 is 10.6 Å². The zero-order valence-corrected chi connectivity index (χ0v) is 11.3. The molecule has 5 nitrogen and oxygen atoms in total. The Bertz CT molecular complexity index is 502. The lowest BCUT2D eigenvalue weighted by atomic mass is 10.3. The number of nitrogens with two attached hydrogens (primary N) is 1. The molecule has 2 heterocycles. The maximum absolute atomic E-state index is 5.93. The highest BCUT2D eigenvalue weighted by Gasteiger charge is 2.12. The average Bonchev–Trinajstić information content (AvgIpc) is 2.64. The summed E-state index contributed by atoms with van der Waals surface area (Å²) in [5, 5.41) is 0. The number of rotatable bonds is 3. The van der Waals surface area contributed by atoms with Gasteiger partial charge >= 0.3 is 0 Å². The van der Waals surface area contributed by atoms with Crippen LogP contribution in [-0.2, 0) is 13.6 Å². The summed E-state index contributed by atoms with van der Waals surface area (Å²) in [6.07, 6.45) is 7.10. The Morgan fingerprint density at radius 1 is 1.47 bits per heavy atom. The molecule has 0 aromatic carbocycles. The molecule has 6 heteroatoms. The van der Waals surface area contributed by atoms with Crippen LogP contribution in [0.3, 0.4) is 0 Å². The third-order valence-electron chi connectivity index (χ3n) is 2.58. The van der Waals surface area contributed by atoms with E-state index < -0.39 is 0 Å². The van der Waals surface area contributed by atoms with Gasteiger partial charge < -0.3 is 15.2 Å². The molecule has 0 aliphatic heterocycles. The summed E-state index contributed by atoms with van der Waals surface area (Å²) in [4.78, 5) is 10.4. The number of aryl methyl sites for hydroxylation is 1. The van der Waals surface area contributed by atoms with E-state index in [1.807, 2.05) is 29.8 Å². The van der Waals surface area contributed by atoms with E-state index in [1.165, 1.54) is 0 Å². The molecule has 2 N–H and O–H groups in total. The number of hydrogen-bond donors (Lipinski definition) is 1. The van der Waals surface area contributed by atoms with Gasteiger partial charge in [0.2, 0.25) is 0 Å². The average molecular weight is 296 g/mol. The van der Waals surface area contributed by atoms with E-state index in [-0.39, 0.29) is 0 Å². The van der Waals surface area contributed by atoms with Crippen molar-refractivity contribution in [3.63, 3.8) is 0 Å². The van der Waals surface area contributed by atoms with Crippen molar-refractivity contribution in [3.8, 4) is 0 Å². The van der Waals surface area contributed by atoms with Gasteiger partial charge in [0.05, 0.1) is 28.6 Å². The maximum Gasteiger partial charge on any atom is 0.127 e. The molecule has 0 aliphatic carbocycles. The van der Waals surface area contributed by atoms with E-state index in [9.17, 15) is 0 Å². The monoisotopic (exact) mass is 295 g/mol. The van der Waals surface area contributed by atoms with Crippen molar-refractivity contribution in [2.75, 3.05) is 17.7 Å². The summed E-state index contributed by atoms with van der Waals surface area (Å²) in [7, 11) is 3.95. The lowest BCUT2D eigenvalue weighted by Crippen LogP contribution is -2.20.